The zero-order chi connectivity index (χ0) is 15.0. The average molecular weight is 408 g/mol. The predicted molar refractivity (Wildman–Crippen MR) is 88.8 cm³/mol. The van der Waals surface area contributed by atoms with Gasteiger partial charge in [-0.25, -0.2) is 0 Å². The van der Waals surface area contributed by atoms with Gasteiger partial charge in [-0.05, 0) is 56.3 Å². The molecular weight excluding hydrogens is 396 g/mol. The summed E-state index contributed by atoms with van der Waals surface area (Å²) in [5, 5.41) is 0. The molecule has 0 radical (unpaired) electrons. The van der Waals surface area contributed by atoms with Crippen LogP contribution in [0.4, 0.5) is 0 Å². The minimum Gasteiger partial charge on any atom is -0.293 e. The van der Waals surface area contributed by atoms with Crippen molar-refractivity contribution < 1.29 is 9.59 Å². The molecule has 106 valence electrons. The number of halogens is 2. The second kappa shape index (κ2) is 5.85. The fourth-order valence-electron chi connectivity index (χ4n) is 2.73. The van der Waals surface area contributed by atoms with E-state index >= 15 is 0 Å². The van der Waals surface area contributed by atoms with Crippen LogP contribution in [0.15, 0.2) is 51.4 Å². The minimum absolute atomic E-state index is 0.0614. The Morgan fingerprint density at radius 2 is 1.81 bits per heavy atom. The Balaban J connectivity index is 1.97. The highest BCUT2D eigenvalue weighted by molar-refractivity contribution is 9.13. The number of aryl methyl sites for hydroxylation is 1. The van der Waals surface area contributed by atoms with Gasteiger partial charge < -0.3 is 0 Å². The summed E-state index contributed by atoms with van der Waals surface area (Å²) < 4.78 is 1.53. The Labute approximate surface area is 139 Å². The van der Waals surface area contributed by atoms with E-state index in [0.717, 1.165) is 16.5 Å². The summed E-state index contributed by atoms with van der Waals surface area (Å²) in [6.07, 6.45) is 1.34. The zero-order valence-electron chi connectivity index (χ0n) is 11.1. The van der Waals surface area contributed by atoms with Crippen LogP contribution in [0.25, 0.3) is 0 Å². The quantitative estimate of drug-likeness (QED) is 0.527. The molecule has 0 spiro atoms. The van der Waals surface area contributed by atoms with Gasteiger partial charge in [0.2, 0.25) is 0 Å². The molecule has 1 aliphatic carbocycles. The molecule has 0 aromatic heterocycles. The van der Waals surface area contributed by atoms with Crippen molar-refractivity contribution in [2.45, 2.75) is 12.8 Å². The van der Waals surface area contributed by atoms with Gasteiger partial charge in [0.15, 0.2) is 11.6 Å². The first-order valence-corrected chi connectivity index (χ1v) is 8.28. The molecule has 0 saturated carbocycles. The molecule has 2 nitrogen and oxygen atoms in total. The molecule has 0 saturated heterocycles. The number of hydrogen-bond donors (Lipinski definition) is 0. The van der Waals surface area contributed by atoms with Crippen LogP contribution >= 0.6 is 31.9 Å². The van der Waals surface area contributed by atoms with E-state index in [9.17, 15) is 9.59 Å². The van der Waals surface area contributed by atoms with E-state index in [2.05, 4.69) is 31.9 Å². The zero-order valence-corrected chi connectivity index (χ0v) is 14.3. The van der Waals surface area contributed by atoms with Crippen molar-refractivity contribution in [2.75, 3.05) is 0 Å². The molecule has 0 bridgehead atoms. The maximum absolute atomic E-state index is 12.7. The van der Waals surface area contributed by atoms with Crippen molar-refractivity contribution in [2.24, 2.45) is 5.92 Å². The number of carbonyl (C=O) groups excluding carboxylic acids is 2. The van der Waals surface area contributed by atoms with Gasteiger partial charge in [0, 0.05) is 20.1 Å². The molecule has 0 amide bonds. The number of rotatable bonds is 2. The van der Waals surface area contributed by atoms with E-state index in [1.807, 2.05) is 36.4 Å². The van der Waals surface area contributed by atoms with Crippen LogP contribution in [0.1, 0.15) is 32.7 Å². The van der Waals surface area contributed by atoms with Crippen LogP contribution in [-0.4, -0.2) is 11.6 Å². The van der Waals surface area contributed by atoms with Crippen molar-refractivity contribution in [3.63, 3.8) is 0 Å². The van der Waals surface area contributed by atoms with Gasteiger partial charge in [-0.1, -0.05) is 36.4 Å². The van der Waals surface area contributed by atoms with Crippen LogP contribution in [0.5, 0.6) is 0 Å². The first kappa shape index (κ1) is 14.7. The predicted octanol–water partition coefficient (Wildman–Crippen LogP) is 4.84. The Morgan fingerprint density at radius 3 is 2.62 bits per heavy atom. The van der Waals surface area contributed by atoms with Crippen LogP contribution in [0, 0.1) is 5.92 Å². The Hall–Kier alpha value is -1.26. The van der Waals surface area contributed by atoms with Crippen LogP contribution in [0.3, 0.4) is 0 Å². The first-order chi connectivity index (χ1) is 10.1. The number of hydrogen-bond acceptors (Lipinski definition) is 2. The fraction of sp³-hybridized carbons (Fsp3) is 0.176. The minimum atomic E-state index is -0.578. The normalized spacial score (nSPS) is 17.4. The lowest BCUT2D eigenvalue weighted by molar-refractivity contribution is 0.0790. The van der Waals surface area contributed by atoms with E-state index in [1.54, 1.807) is 6.07 Å². The molecule has 0 heterocycles. The number of carbonyl (C=O) groups is 2. The second-order valence-electron chi connectivity index (χ2n) is 5.08. The molecule has 1 atom stereocenters. The van der Waals surface area contributed by atoms with Crippen molar-refractivity contribution >= 4 is 43.4 Å². The van der Waals surface area contributed by atoms with Gasteiger partial charge >= 0.3 is 0 Å². The van der Waals surface area contributed by atoms with Gasteiger partial charge in [-0.15, -0.1) is 0 Å². The summed E-state index contributed by atoms with van der Waals surface area (Å²) in [5.74, 6) is -0.748. The molecule has 1 unspecified atom stereocenters. The first-order valence-electron chi connectivity index (χ1n) is 6.70. The van der Waals surface area contributed by atoms with Gasteiger partial charge in [-0.3, -0.25) is 9.59 Å². The van der Waals surface area contributed by atoms with Crippen molar-refractivity contribution in [3.05, 3.63) is 68.1 Å². The highest BCUT2D eigenvalue weighted by Gasteiger charge is 2.33. The molecule has 0 aliphatic heterocycles. The third kappa shape index (κ3) is 2.62. The van der Waals surface area contributed by atoms with E-state index in [4.69, 9.17) is 0 Å². The number of ketones is 2. The third-order valence-electron chi connectivity index (χ3n) is 3.84. The van der Waals surface area contributed by atoms with Crippen LogP contribution in [-0.2, 0) is 6.42 Å². The van der Waals surface area contributed by atoms with E-state index in [-0.39, 0.29) is 11.6 Å². The summed E-state index contributed by atoms with van der Waals surface area (Å²) in [6, 6.07) is 13.0. The lowest BCUT2D eigenvalue weighted by Crippen LogP contribution is -2.29. The molecule has 4 heteroatoms. The largest absolute Gasteiger partial charge is 0.293 e. The molecule has 3 rings (SSSR count). The average Bonchev–Trinajstić information content (AvgIpc) is 2.50. The van der Waals surface area contributed by atoms with E-state index in [0.29, 0.717) is 22.0 Å². The molecule has 0 fully saturated rings. The summed E-state index contributed by atoms with van der Waals surface area (Å²) in [7, 11) is 0. The third-order valence-corrected chi connectivity index (χ3v) is 5.88. The SMILES string of the molecule is O=C1c2ccccc2CCC1C(=O)c1cccc(Br)c1Br. The lowest BCUT2D eigenvalue weighted by Gasteiger charge is -2.22. The fourth-order valence-corrected chi connectivity index (χ4v) is 3.56. The molecule has 2 aromatic carbocycles. The van der Waals surface area contributed by atoms with Gasteiger partial charge in [0.05, 0.1) is 5.92 Å². The smallest absolute Gasteiger partial charge is 0.174 e. The van der Waals surface area contributed by atoms with Crippen molar-refractivity contribution in [1.29, 1.82) is 0 Å². The Morgan fingerprint density at radius 1 is 1.05 bits per heavy atom. The van der Waals surface area contributed by atoms with Gasteiger partial charge in [-0.2, -0.15) is 0 Å². The van der Waals surface area contributed by atoms with Gasteiger partial charge in [0.25, 0.3) is 0 Å². The van der Waals surface area contributed by atoms with Gasteiger partial charge in [0.1, 0.15) is 0 Å². The Bertz CT molecular complexity index is 737. The highest BCUT2D eigenvalue weighted by atomic mass is 79.9. The summed E-state index contributed by atoms with van der Waals surface area (Å²) in [4.78, 5) is 25.3. The molecule has 0 N–H and O–H groups in total. The highest BCUT2D eigenvalue weighted by Crippen LogP contribution is 2.32. The van der Waals surface area contributed by atoms with Crippen LogP contribution in [0.2, 0.25) is 0 Å². The molecule has 2 aromatic rings. The van der Waals surface area contributed by atoms with Crippen LogP contribution < -0.4 is 0 Å². The molecular formula is C17H12Br2O2. The monoisotopic (exact) mass is 406 g/mol. The Kier molecular flexibility index (Phi) is 4.09. The summed E-state index contributed by atoms with van der Waals surface area (Å²) in [6.45, 7) is 0. The topological polar surface area (TPSA) is 34.1 Å². The second-order valence-corrected chi connectivity index (χ2v) is 6.73. The molecule has 21 heavy (non-hydrogen) atoms. The number of Topliss-reactive ketones (excluding diaryl/α,β-unsaturated/α-hetero) is 2. The standard InChI is InChI=1S/C17H12Br2O2/c18-14-7-3-6-12(15(14)19)17(21)13-9-8-10-4-1-2-5-11(10)16(13)20/h1-7,13H,8-9H2. The maximum Gasteiger partial charge on any atom is 0.174 e. The molecule has 1 aliphatic rings. The van der Waals surface area contributed by atoms with E-state index in [1.165, 1.54) is 0 Å². The van der Waals surface area contributed by atoms with Crippen molar-refractivity contribution in [3.8, 4) is 0 Å². The lowest BCUT2D eigenvalue weighted by atomic mass is 9.79. The summed E-state index contributed by atoms with van der Waals surface area (Å²) in [5.41, 5.74) is 2.29. The van der Waals surface area contributed by atoms with E-state index < -0.39 is 5.92 Å². The summed E-state index contributed by atoms with van der Waals surface area (Å²) >= 11 is 6.82. The number of fused-ring (bicyclic) bond motifs is 1. The maximum atomic E-state index is 12.7. The number of benzene rings is 2. The van der Waals surface area contributed by atoms with Crippen molar-refractivity contribution in [1.82, 2.24) is 0 Å².